The third-order valence-electron chi connectivity index (χ3n) is 5.35. The van der Waals surface area contributed by atoms with Crippen molar-refractivity contribution < 1.29 is 27.9 Å². The number of rotatable bonds is 3. The van der Waals surface area contributed by atoms with E-state index in [2.05, 4.69) is 5.32 Å². The predicted octanol–water partition coefficient (Wildman–Crippen LogP) is 2.05. The Labute approximate surface area is 161 Å². The minimum Gasteiger partial charge on any atom is -0.481 e. The molecule has 2 aromatic carbocycles. The van der Waals surface area contributed by atoms with Gasteiger partial charge in [-0.05, 0) is 43.2 Å². The Hall–Kier alpha value is -3.00. The number of ketones is 1. The number of nitrogens with one attached hydrogen (secondary N) is 1. The summed E-state index contributed by atoms with van der Waals surface area (Å²) >= 11 is 0. The summed E-state index contributed by atoms with van der Waals surface area (Å²) in [6.07, 6.45) is 1.74. The molecule has 7 nitrogen and oxygen atoms in total. The largest absolute Gasteiger partial charge is 0.481 e. The van der Waals surface area contributed by atoms with Crippen molar-refractivity contribution in [3.8, 4) is 0 Å². The third-order valence-corrected chi connectivity index (χ3v) is 7.20. The molecule has 1 heterocycles. The maximum Gasteiger partial charge on any atom is 0.308 e. The Morgan fingerprint density at radius 3 is 2.46 bits per heavy atom. The van der Waals surface area contributed by atoms with Gasteiger partial charge in [0, 0.05) is 22.7 Å². The highest BCUT2D eigenvalue weighted by Crippen LogP contribution is 2.35. The quantitative estimate of drug-likeness (QED) is 0.696. The van der Waals surface area contributed by atoms with Gasteiger partial charge in [-0.3, -0.25) is 14.4 Å². The fourth-order valence-corrected chi connectivity index (χ4v) is 5.58. The van der Waals surface area contributed by atoms with Gasteiger partial charge in [-0.2, -0.15) is 0 Å². The lowest BCUT2D eigenvalue weighted by atomic mass is 10.00. The van der Waals surface area contributed by atoms with Crippen LogP contribution in [0.5, 0.6) is 0 Å². The summed E-state index contributed by atoms with van der Waals surface area (Å²) in [6, 6.07) is 9.39. The van der Waals surface area contributed by atoms with Crippen molar-refractivity contribution >= 4 is 27.5 Å². The smallest absolute Gasteiger partial charge is 0.308 e. The lowest BCUT2D eigenvalue weighted by Gasteiger charge is -2.20. The van der Waals surface area contributed by atoms with Crippen LogP contribution < -0.4 is 5.32 Å². The van der Waals surface area contributed by atoms with Crippen molar-refractivity contribution in [1.29, 1.82) is 0 Å². The summed E-state index contributed by atoms with van der Waals surface area (Å²) in [4.78, 5) is 36.3. The molecule has 2 aliphatic rings. The first-order chi connectivity index (χ1) is 13.3. The maximum absolute atomic E-state index is 12.9. The molecule has 4 rings (SSSR count). The number of hydrogen-bond donors (Lipinski definition) is 2. The first kappa shape index (κ1) is 18.4. The van der Waals surface area contributed by atoms with Crippen LogP contribution >= 0.6 is 0 Å². The number of fused-ring (bicyclic) bond motifs is 2. The fourth-order valence-electron chi connectivity index (χ4n) is 3.91. The van der Waals surface area contributed by atoms with Crippen molar-refractivity contribution in [2.75, 3.05) is 0 Å². The highest BCUT2D eigenvalue weighted by Gasteiger charge is 2.36. The van der Waals surface area contributed by atoms with Crippen LogP contribution in [0.2, 0.25) is 0 Å². The molecule has 2 N–H and O–H groups in total. The summed E-state index contributed by atoms with van der Waals surface area (Å²) in [7, 11) is -3.94. The molecule has 1 saturated carbocycles. The normalized spacial score (nSPS) is 22.2. The molecule has 28 heavy (non-hydrogen) atoms. The van der Waals surface area contributed by atoms with Gasteiger partial charge in [-0.15, -0.1) is 0 Å². The van der Waals surface area contributed by atoms with Gasteiger partial charge in [0.15, 0.2) is 5.78 Å². The van der Waals surface area contributed by atoms with Gasteiger partial charge in [0.05, 0.1) is 15.7 Å². The van der Waals surface area contributed by atoms with Gasteiger partial charge in [0.25, 0.3) is 5.91 Å². The number of benzene rings is 2. The molecule has 2 atom stereocenters. The van der Waals surface area contributed by atoms with Gasteiger partial charge in [-0.1, -0.05) is 18.6 Å². The number of aliphatic carboxylic acids is 1. The first-order valence-corrected chi connectivity index (χ1v) is 10.4. The molecular weight excluding hydrogens is 382 g/mol. The molecule has 0 unspecified atom stereocenters. The molecule has 1 aliphatic heterocycles. The standard InChI is InChI=1S/C20H17NO6S/c22-18-13-4-1-2-7-16(13)28(26,27)17-10-11(8-9-14(17)18)19(23)21-15-6-3-5-12(15)20(24)25/h1-2,4,7-10,12,15H,3,5-6H2,(H,21,23)(H,24,25)/t12-,15+/m1/s1. The fraction of sp³-hybridized carbons (Fsp3) is 0.250. The second kappa shape index (κ2) is 6.56. The number of carbonyl (C=O) groups is 3. The Morgan fingerprint density at radius 2 is 1.71 bits per heavy atom. The van der Waals surface area contributed by atoms with E-state index >= 15 is 0 Å². The van der Waals surface area contributed by atoms with Crippen LogP contribution in [-0.2, 0) is 14.6 Å². The summed E-state index contributed by atoms with van der Waals surface area (Å²) in [6.45, 7) is 0. The Kier molecular flexibility index (Phi) is 4.30. The van der Waals surface area contributed by atoms with Gasteiger partial charge < -0.3 is 10.4 Å². The Balaban J connectivity index is 1.69. The van der Waals surface area contributed by atoms with E-state index in [0.717, 1.165) is 0 Å². The van der Waals surface area contributed by atoms with E-state index < -0.39 is 39.5 Å². The average molecular weight is 399 g/mol. The summed E-state index contributed by atoms with van der Waals surface area (Å²) in [5.74, 6) is -2.58. The van der Waals surface area contributed by atoms with Crippen LogP contribution in [0.1, 0.15) is 45.5 Å². The number of sulfone groups is 1. The van der Waals surface area contributed by atoms with Crippen molar-refractivity contribution in [3.05, 3.63) is 59.2 Å². The molecule has 1 fully saturated rings. The number of amides is 1. The van der Waals surface area contributed by atoms with Crippen LogP contribution in [0.4, 0.5) is 0 Å². The second-order valence-corrected chi connectivity index (χ2v) is 8.88. The van der Waals surface area contributed by atoms with E-state index in [1.54, 1.807) is 6.07 Å². The first-order valence-electron chi connectivity index (χ1n) is 8.87. The third kappa shape index (κ3) is 2.80. The maximum atomic E-state index is 12.9. The SMILES string of the molecule is O=C(N[C@H]1CCC[C@H]1C(=O)O)c1ccc2c(c1)S(=O)(=O)c1ccccc1C2=O. The zero-order valence-corrected chi connectivity index (χ0v) is 15.5. The van der Waals surface area contributed by atoms with Crippen molar-refractivity contribution in [3.63, 3.8) is 0 Å². The minimum atomic E-state index is -3.94. The number of hydrogen-bond acceptors (Lipinski definition) is 5. The van der Waals surface area contributed by atoms with E-state index in [4.69, 9.17) is 0 Å². The van der Waals surface area contributed by atoms with Gasteiger partial charge in [0.2, 0.25) is 9.84 Å². The van der Waals surface area contributed by atoms with Crippen LogP contribution in [-0.4, -0.2) is 37.2 Å². The monoisotopic (exact) mass is 399 g/mol. The highest BCUT2D eigenvalue weighted by atomic mass is 32.2. The van der Waals surface area contributed by atoms with E-state index in [0.29, 0.717) is 19.3 Å². The van der Waals surface area contributed by atoms with Crippen LogP contribution in [0.15, 0.2) is 52.3 Å². The van der Waals surface area contributed by atoms with Crippen LogP contribution in [0, 0.1) is 5.92 Å². The van der Waals surface area contributed by atoms with E-state index in [1.807, 2.05) is 0 Å². The molecule has 0 saturated heterocycles. The molecule has 0 bridgehead atoms. The van der Waals surface area contributed by atoms with E-state index in [9.17, 15) is 27.9 Å². The Morgan fingerprint density at radius 1 is 1.00 bits per heavy atom. The lowest BCUT2D eigenvalue weighted by Crippen LogP contribution is -2.40. The zero-order chi connectivity index (χ0) is 20.1. The molecule has 1 aliphatic carbocycles. The summed E-state index contributed by atoms with van der Waals surface area (Å²) in [5, 5.41) is 11.9. The molecule has 0 spiro atoms. The van der Waals surface area contributed by atoms with Crippen molar-refractivity contribution in [1.82, 2.24) is 5.32 Å². The molecule has 2 aromatic rings. The van der Waals surface area contributed by atoms with Gasteiger partial charge in [-0.25, -0.2) is 8.42 Å². The van der Waals surface area contributed by atoms with Crippen molar-refractivity contribution in [2.45, 2.75) is 35.1 Å². The molecule has 0 aromatic heterocycles. The van der Waals surface area contributed by atoms with Crippen LogP contribution in [0.3, 0.4) is 0 Å². The Bertz CT molecular complexity index is 1120. The van der Waals surface area contributed by atoms with Gasteiger partial charge >= 0.3 is 5.97 Å². The highest BCUT2D eigenvalue weighted by molar-refractivity contribution is 7.91. The predicted molar refractivity (Wildman–Crippen MR) is 98.0 cm³/mol. The van der Waals surface area contributed by atoms with Crippen molar-refractivity contribution in [2.24, 2.45) is 5.92 Å². The van der Waals surface area contributed by atoms with E-state index in [-0.39, 0.29) is 26.5 Å². The van der Waals surface area contributed by atoms with Crippen LogP contribution in [0.25, 0.3) is 0 Å². The summed E-state index contributed by atoms with van der Waals surface area (Å²) in [5.41, 5.74) is 0.215. The van der Waals surface area contributed by atoms with E-state index in [1.165, 1.54) is 36.4 Å². The second-order valence-electron chi connectivity index (χ2n) is 7.00. The molecular formula is C20H17NO6S. The lowest BCUT2D eigenvalue weighted by molar-refractivity contribution is -0.142. The minimum absolute atomic E-state index is 0.0273. The number of carboxylic acids is 1. The number of carbonyl (C=O) groups excluding carboxylic acids is 2. The molecule has 1 amide bonds. The molecule has 0 radical (unpaired) electrons. The number of carboxylic acid groups (broad SMARTS) is 1. The summed E-state index contributed by atoms with van der Waals surface area (Å²) < 4.78 is 25.9. The van der Waals surface area contributed by atoms with Gasteiger partial charge in [0.1, 0.15) is 0 Å². The molecule has 8 heteroatoms. The zero-order valence-electron chi connectivity index (χ0n) is 14.7. The molecule has 144 valence electrons. The average Bonchev–Trinajstić information content (AvgIpc) is 3.14. The topological polar surface area (TPSA) is 118 Å².